The Morgan fingerprint density at radius 3 is 2.42 bits per heavy atom. The van der Waals surface area contributed by atoms with Crippen LogP contribution >= 0.6 is 24.0 Å². The molecule has 1 saturated carbocycles. The lowest BCUT2D eigenvalue weighted by Crippen LogP contribution is -2.37. The van der Waals surface area contributed by atoms with Crippen molar-refractivity contribution in [2.75, 3.05) is 20.6 Å². The molecule has 0 unspecified atom stereocenters. The normalized spacial score (nSPS) is 13.9. The van der Waals surface area contributed by atoms with Crippen LogP contribution in [0.15, 0.2) is 47.5 Å². The van der Waals surface area contributed by atoms with Crippen LogP contribution in [-0.2, 0) is 13.1 Å². The average Bonchev–Trinajstić information content (AvgIpc) is 3.29. The van der Waals surface area contributed by atoms with Gasteiger partial charge in [0.2, 0.25) is 0 Å². The predicted octanol–water partition coefficient (Wildman–Crippen LogP) is 4.89. The van der Waals surface area contributed by atoms with E-state index in [1.807, 2.05) is 24.3 Å². The zero-order chi connectivity index (χ0) is 22.9. The van der Waals surface area contributed by atoms with Crippen LogP contribution in [0.2, 0.25) is 0 Å². The summed E-state index contributed by atoms with van der Waals surface area (Å²) in [4.78, 5) is 18.3. The highest BCUT2D eigenvalue weighted by molar-refractivity contribution is 14.0. The first-order chi connectivity index (χ1) is 15.5. The number of aliphatic imine (C=N–C) groups is 1. The summed E-state index contributed by atoms with van der Waals surface area (Å²) in [5.74, 6) is 1.73. The molecule has 2 N–H and O–H groups in total. The number of nitrogens with zero attached hydrogens (tertiary/aromatic N) is 2. The van der Waals surface area contributed by atoms with Crippen molar-refractivity contribution in [1.29, 1.82) is 0 Å². The van der Waals surface area contributed by atoms with Gasteiger partial charge in [0.05, 0.1) is 12.6 Å². The number of halogens is 1. The Balaban J connectivity index is 0.00000385. The second-order valence-electron chi connectivity index (χ2n) is 8.58. The molecule has 2 aromatic rings. The van der Waals surface area contributed by atoms with Crippen molar-refractivity contribution in [3.63, 3.8) is 0 Å². The van der Waals surface area contributed by atoms with Gasteiger partial charge in [-0.3, -0.25) is 4.79 Å². The molecule has 3 rings (SSSR count). The molecule has 0 radical (unpaired) electrons. The molecular weight excluding hydrogens is 527 g/mol. The van der Waals surface area contributed by atoms with E-state index >= 15 is 0 Å². The number of rotatable bonds is 8. The molecule has 33 heavy (non-hydrogen) atoms. The van der Waals surface area contributed by atoms with E-state index in [4.69, 9.17) is 9.73 Å². The number of ether oxygens (including phenoxy) is 1. The smallest absolute Gasteiger partial charge is 0.253 e. The minimum Gasteiger partial charge on any atom is -0.490 e. The fraction of sp³-hybridized carbons (Fsp3) is 0.462. The Morgan fingerprint density at radius 2 is 1.79 bits per heavy atom. The Labute approximate surface area is 215 Å². The van der Waals surface area contributed by atoms with Gasteiger partial charge < -0.3 is 20.3 Å². The van der Waals surface area contributed by atoms with Crippen LogP contribution in [0.5, 0.6) is 5.75 Å². The van der Waals surface area contributed by atoms with Gasteiger partial charge in [-0.25, -0.2) is 4.99 Å². The SMILES string of the molecule is CCNC(=NCc1ccc(C(=O)N(C)C)cc1)NCc1ccc(C)cc1OC1CCCC1.I. The number of hydrogen-bond acceptors (Lipinski definition) is 3. The molecule has 0 aromatic heterocycles. The minimum absolute atomic E-state index is 0. The highest BCUT2D eigenvalue weighted by Gasteiger charge is 2.18. The Morgan fingerprint density at radius 1 is 1.09 bits per heavy atom. The molecule has 0 saturated heterocycles. The third-order valence-electron chi connectivity index (χ3n) is 5.64. The molecule has 6 nitrogen and oxygen atoms in total. The van der Waals surface area contributed by atoms with Gasteiger partial charge in [0.25, 0.3) is 5.91 Å². The summed E-state index contributed by atoms with van der Waals surface area (Å²) < 4.78 is 6.32. The Bertz CT molecular complexity index is 922. The third-order valence-corrected chi connectivity index (χ3v) is 5.64. The van der Waals surface area contributed by atoms with E-state index in [1.165, 1.54) is 18.4 Å². The number of carbonyl (C=O) groups is 1. The zero-order valence-electron chi connectivity index (χ0n) is 20.2. The fourth-order valence-corrected chi connectivity index (χ4v) is 3.81. The van der Waals surface area contributed by atoms with Gasteiger partial charge in [-0.2, -0.15) is 0 Å². The van der Waals surface area contributed by atoms with Crippen molar-refractivity contribution in [1.82, 2.24) is 15.5 Å². The van der Waals surface area contributed by atoms with Crippen molar-refractivity contribution in [2.24, 2.45) is 4.99 Å². The largest absolute Gasteiger partial charge is 0.490 e. The topological polar surface area (TPSA) is 66.0 Å². The Hall–Kier alpha value is -2.29. The van der Waals surface area contributed by atoms with Crippen LogP contribution in [0.25, 0.3) is 0 Å². The van der Waals surface area contributed by atoms with E-state index in [9.17, 15) is 4.79 Å². The lowest BCUT2D eigenvalue weighted by atomic mass is 10.1. The summed E-state index contributed by atoms with van der Waals surface area (Å²) >= 11 is 0. The summed E-state index contributed by atoms with van der Waals surface area (Å²) in [7, 11) is 3.51. The third kappa shape index (κ3) is 8.21. The number of nitrogens with one attached hydrogen (secondary N) is 2. The lowest BCUT2D eigenvalue weighted by molar-refractivity contribution is 0.0827. The van der Waals surface area contributed by atoms with Gasteiger partial charge in [0.15, 0.2) is 5.96 Å². The van der Waals surface area contributed by atoms with Gasteiger partial charge in [-0.1, -0.05) is 24.3 Å². The molecule has 0 heterocycles. The number of benzene rings is 2. The lowest BCUT2D eigenvalue weighted by Gasteiger charge is -2.18. The molecule has 0 spiro atoms. The fourth-order valence-electron chi connectivity index (χ4n) is 3.81. The summed E-state index contributed by atoms with van der Waals surface area (Å²) in [6.45, 7) is 6.11. The van der Waals surface area contributed by atoms with Crippen LogP contribution in [0, 0.1) is 6.92 Å². The summed E-state index contributed by atoms with van der Waals surface area (Å²) in [6, 6.07) is 14.0. The molecular formula is C26H37IN4O2. The molecule has 1 amide bonds. The van der Waals surface area contributed by atoms with Crippen molar-refractivity contribution in [2.45, 2.75) is 58.7 Å². The maximum absolute atomic E-state index is 12.1. The molecule has 0 atom stereocenters. The van der Waals surface area contributed by atoms with Crippen molar-refractivity contribution < 1.29 is 9.53 Å². The standard InChI is InChI=1S/C26H36N4O2.HI/c1-5-27-26(28-17-20-11-14-21(15-12-20)25(31)30(3)4)29-18-22-13-10-19(2)16-24(22)32-23-8-6-7-9-23;/h10-16,23H,5-9,17-18H2,1-4H3,(H2,27,28,29);1H. The number of aryl methyl sites for hydroxylation is 1. The van der Waals surface area contributed by atoms with Gasteiger partial charge in [-0.15, -0.1) is 24.0 Å². The van der Waals surface area contributed by atoms with E-state index in [1.54, 1.807) is 19.0 Å². The van der Waals surface area contributed by atoms with Gasteiger partial charge >= 0.3 is 0 Å². The molecule has 1 aliphatic carbocycles. The van der Waals surface area contributed by atoms with E-state index in [0.29, 0.717) is 24.8 Å². The van der Waals surface area contributed by atoms with E-state index in [2.05, 4.69) is 42.7 Å². The number of amides is 1. The first kappa shape index (κ1) is 27.0. The molecule has 7 heteroatoms. The summed E-state index contributed by atoms with van der Waals surface area (Å²) in [5.41, 5.74) is 4.08. The minimum atomic E-state index is 0. The van der Waals surface area contributed by atoms with E-state index in [-0.39, 0.29) is 29.9 Å². The number of hydrogen-bond donors (Lipinski definition) is 2. The number of carbonyl (C=O) groups excluding carboxylic acids is 1. The quantitative estimate of drug-likeness (QED) is 0.272. The monoisotopic (exact) mass is 564 g/mol. The van der Waals surface area contributed by atoms with Crippen LogP contribution in [0.1, 0.15) is 59.7 Å². The molecule has 0 bridgehead atoms. The summed E-state index contributed by atoms with van der Waals surface area (Å²) in [5, 5.41) is 6.74. The van der Waals surface area contributed by atoms with Crippen LogP contribution in [0.4, 0.5) is 0 Å². The first-order valence-electron chi connectivity index (χ1n) is 11.5. The molecule has 0 aliphatic heterocycles. The maximum atomic E-state index is 12.1. The first-order valence-corrected chi connectivity index (χ1v) is 11.5. The second kappa shape index (κ2) is 13.4. The van der Waals surface area contributed by atoms with Crippen molar-refractivity contribution >= 4 is 35.8 Å². The van der Waals surface area contributed by atoms with E-state index < -0.39 is 0 Å². The number of guanidine groups is 1. The highest BCUT2D eigenvalue weighted by atomic mass is 127. The predicted molar refractivity (Wildman–Crippen MR) is 146 cm³/mol. The van der Waals surface area contributed by atoms with Crippen molar-refractivity contribution in [3.05, 3.63) is 64.7 Å². The molecule has 1 fully saturated rings. The Kier molecular flexibility index (Phi) is 11.0. The van der Waals surface area contributed by atoms with Crippen molar-refractivity contribution in [3.8, 4) is 5.75 Å². The van der Waals surface area contributed by atoms with Crippen LogP contribution in [0.3, 0.4) is 0 Å². The average molecular weight is 565 g/mol. The summed E-state index contributed by atoms with van der Waals surface area (Å²) in [6.07, 6.45) is 5.13. The second-order valence-corrected chi connectivity index (χ2v) is 8.58. The van der Waals surface area contributed by atoms with Gasteiger partial charge in [0, 0.05) is 38.3 Å². The van der Waals surface area contributed by atoms with Crippen LogP contribution < -0.4 is 15.4 Å². The zero-order valence-corrected chi connectivity index (χ0v) is 22.5. The molecule has 180 valence electrons. The highest BCUT2D eigenvalue weighted by Crippen LogP contribution is 2.27. The molecule has 1 aliphatic rings. The van der Waals surface area contributed by atoms with Gasteiger partial charge in [0.1, 0.15) is 5.75 Å². The van der Waals surface area contributed by atoms with E-state index in [0.717, 1.165) is 42.2 Å². The van der Waals surface area contributed by atoms with Crippen LogP contribution in [-0.4, -0.2) is 43.5 Å². The maximum Gasteiger partial charge on any atom is 0.253 e. The molecule has 2 aromatic carbocycles. The van der Waals surface area contributed by atoms with Gasteiger partial charge in [-0.05, 0) is 68.9 Å².